The molecular formula is C39H78N2O4. The van der Waals surface area contributed by atoms with Gasteiger partial charge in [0, 0.05) is 13.1 Å². The molecule has 0 heterocycles. The predicted molar refractivity (Wildman–Crippen MR) is 193 cm³/mol. The number of carbonyl (C=O) groups is 2. The van der Waals surface area contributed by atoms with E-state index in [4.69, 9.17) is 9.47 Å². The summed E-state index contributed by atoms with van der Waals surface area (Å²) in [4.78, 5) is 29.4. The van der Waals surface area contributed by atoms with E-state index in [2.05, 4.69) is 37.7 Å². The molecule has 6 heteroatoms. The molecule has 0 aliphatic rings. The SMILES string of the molecule is CCCCCCCCCCCCOC(=O)CCN(CCCCCCCN(C)C)CCC(=O)OCCCCCCCCCCCC. The lowest BCUT2D eigenvalue weighted by Crippen LogP contribution is -2.30. The average molecular weight is 639 g/mol. The fraction of sp³-hybridized carbons (Fsp3) is 0.949. The van der Waals surface area contributed by atoms with E-state index < -0.39 is 0 Å². The van der Waals surface area contributed by atoms with Crippen molar-refractivity contribution < 1.29 is 19.1 Å². The van der Waals surface area contributed by atoms with Crippen LogP contribution in [0.1, 0.15) is 187 Å². The number of carbonyl (C=O) groups excluding carboxylic acids is 2. The summed E-state index contributed by atoms with van der Waals surface area (Å²) in [5, 5.41) is 0. The molecule has 0 fully saturated rings. The van der Waals surface area contributed by atoms with Gasteiger partial charge in [-0.1, -0.05) is 149 Å². The highest BCUT2D eigenvalue weighted by atomic mass is 16.5. The molecule has 0 saturated carbocycles. The van der Waals surface area contributed by atoms with Crippen LogP contribution in [0.15, 0.2) is 0 Å². The molecule has 0 aromatic rings. The second kappa shape index (κ2) is 35.7. The maximum absolute atomic E-state index is 12.4. The van der Waals surface area contributed by atoms with Gasteiger partial charge in [-0.15, -0.1) is 0 Å². The maximum atomic E-state index is 12.4. The van der Waals surface area contributed by atoms with Crippen LogP contribution in [0, 0.1) is 0 Å². The van der Waals surface area contributed by atoms with Crippen molar-refractivity contribution in [3.05, 3.63) is 0 Å². The Morgan fingerprint density at radius 2 is 0.711 bits per heavy atom. The molecule has 0 spiro atoms. The van der Waals surface area contributed by atoms with E-state index >= 15 is 0 Å². The number of ether oxygens (including phenoxy) is 2. The lowest BCUT2D eigenvalue weighted by atomic mass is 10.1. The van der Waals surface area contributed by atoms with Gasteiger partial charge in [0.05, 0.1) is 26.1 Å². The third kappa shape index (κ3) is 35.6. The van der Waals surface area contributed by atoms with Crippen LogP contribution in [-0.4, -0.2) is 75.2 Å². The largest absolute Gasteiger partial charge is 0.466 e. The first-order chi connectivity index (χ1) is 22.0. The number of nitrogens with zero attached hydrogens (tertiary/aromatic N) is 2. The molecule has 0 N–H and O–H groups in total. The smallest absolute Gasteiger partial charge is 0.307 e. The van der Waals surface area contributed by atoms with E-state index in [1.54, 1.807) is 0 Å². The molecule has 0 amide bonds. The van der Waals surface area contributed by atoms with Crippen molar-refractivity contribution in [3.8, 4) is 0 Å². The van der Waals surface area contributed by atoms with Crippen molar-refractivity contribution >= 4 is 11.9 Å². The van der Waals surface area contributed by atoms with Gasteiger partial charge in [0.25, 0.3) is 0 Å². The number of hydrogen-bond acceptors (Lipinski definition) is 6. The predicted octanol–water partition coefficient (Wildman–Crippen LogP) is 10.5. The van der Waals surface area contributed by atoms with Crippen LogP contribution >= 0.6 is 0 Å². The lowest BCUT2D eigenvalue weighted by Gasteiger charge is -2.21. The van der Waals surface area contributed by atoms with Gasteiger partial charge < -0.3 is 19.3 Å². The van der Waals surface area contributed by atoms with Crippen LogP contribution in [0.2, 0.25) is 0 Å². The van der Waals surface area contributed by atoms with E-state index in [1.807, 2.05) is 0 Å². The highest BCUT2D eigenvalue weighted by molar-refractivity contribution is 5.70. The van der Waals surface area contributed by atoms with Crippen molar-refractivity contribution in [3.63, 3.8) is 0 Å². The van der Waals surface area contributed by atoms with Crippen molar-refractivity contribution in [1.29, 1.82) is 0 Å². The summed E-state index contributed by atoms with van der Waals surface area (Å²) in [5.74, 6) is -0.216. The Kier molecular flexibility index (Phi) is 34.8. The van der Waals surface area contributed by atoms with E-state index in [0.717, 1.165) is 45.2 Å². The first kappa shape index (κ1) is 43.9. The Bertz CT molecular complexity index is 586. The highest BCUT2D eigenvalue weighted by Crippen LogP contribution is 2.12. The molecule has 0 aliphatic heterocycles. The second-order valence-corrected chi connectivity index (χ2v) is 13.7. The minimum absolute atomic E-state index is 0.108. The molecule has 0 aromatic carbocycles. The van der Waals surface area contributed by atoms with Gasteiger partial charge in [-0.3, -0.25) is 9.59 Å². The molecular weight excluding hydrogens is 560 g/mol. The Labute approximate surface area is 281 Å². The van der Waals surface area contributed by atoms with Crippen LogP contribution in [0.5, 0.6) is 0 Å². The van der Waals surface area contributed by atoms with Crippen molar-refractivity contribution in [2.24, 2.45) is 0 Å². The van der Waals surface area contributed by atoms with Crippen LogP contribution in [-0.2, 0) is 19.1 Å². The van der Waals surface area contributed by atoms with Crippen LogP contribution in [0.4, 0.5) is 0 Å². The van der Waals surface area contributed by atoms with Crippen LogP contribution < -0.4 is 0 Å². The number of unbranched alkanes of at least 4 members (excludes halogenated alkanes) is 22. The normalized spacial score (nSPS) is 11.5. The Morgan fingerprint density at radius 3 is 1.07 bits per heavy atom. The Morgan fingerprint density at radius 1 is 0.400 bits per heavy atom. The molecule has 0 radical (unpaired) electrons. The summed E-state index contributed by atoms with van der Waals surface area (Å²) < 4.78 is 11.1. The summed E-state index contributed by atoms with van der Waals surface area (Å²) in [6.45, 7) is 8.98. The fourth-order valence-electron chi connectivity index (χ4n) is 5.82. The first-order valence-electron chi connectivity index (χ1n) is 19.7. The van der Waals surface area contributed by atoms with Crippen LogP contribution in [0.25, 0.3) is 0 Å². The molecule has 0 aromatic heterocycles. The summed E-state index contributed by atoms with van der Waals surface area (Å²) in [6, 6.07) is 0. The summed E-state index contributed by atoms with van der Waals surface area (Å²) >= 11 is 0. The minimum atomic E-state index is -0.108. The zero-order valence-electron chi connectivity index (χ0n) is 30.9. The molecule has 0 atom stereocenters. The zero-order valence-corrected chi connectivity index (χ0v) is 30.9. The fourth-order valence-corrected chi connectivity index (χ4v) is 5.82. The van der Waals surface area contributed by atoms with Gasteiger partial charge in [0.1, 0.15) is 0 Å². The van der Waals surface area contributed by atoms with Crippen LogP contribution in [0.3, 0.4) is 0 Å². The molecule has 0 unspecified atom stereocenters. The van der Waals surface area contributed by atoms with Gasteiger partial charge >= 0.3 is 11.9 Å². The standard InChI is InChI=1S/C39H78N2O4/c1-5-7-9-11-13-15-17-19-24-28-36-44-38(42)30-34-41(33-27-23-21-22-26-32-40(3)4)35-31-39(43)45-37-29-25-20-18-16-14-12-10-8-6-2/h5-37H2,1-4H3. The molecule has 6 nitrogen and oxygen atoms in total. The van der Waals surface area contributed by atoms with E-state index in [9.17, 15) is 9.59 Å². The molecule has 45 heavy (non-hydrogen) atoms. The Hall–Kier alpha value is -1.14. The van der Waals surface area contributed by atoms with Crippen molar-refractivity contribution in [1.82, 2.24) is 9.80 Å². The first-order valence-corrected chi connectivity index (χ1v) is 19.7. The van der Waals surface area contributed by atoms with Gasteiger partial charge in [-0.05, 0) is 52.9 Å². The van der Waals surface area contributed by atoms with Gasteiger partial charge in [0.15, 0.2) is 0 Å². The average Bonchev–Trinajstić information content (AvgIpc) is 3.02. The van der Waals surface area contributed by atoms with Crippen molar-refractivity contribution in [2.45, 2.75) is 187 Å². The molecule has 0 saturated heterocycles. The van der Waals surface area contributed by atoms with Crippen molar-refractivity contribution in [2.75, 3.05) is 53.5 Å². The molecule has 0 bridgehead atoms. The molecule has 268 valence electrons. The monoisotopic (exact) mass is 639 g/mol. The topological polar surface area (TPSA) is 59.1 Å². The molecule has 0 aliphatic carbocycles. The number of rotatable bonds is 36. The summed E-state index contributed by atoms with van der Waals surface area (Å²) in [5.41, 5.74) is 0. The highest BCUT2D eigenvalue weighted by Gasteiger charge is 2.12. The third-order valence-electron chi connectivity index (χ3n) is 8.87. The number of hydrogen-bond donors (Lipinski definition) is 0. The van der Waals surface area contributed by atoms with Gasteiger partial charge in [0.2, 0.25) is 0 Å². The summed E-state index contributed by atoms with van der Waals surface area (Å²) in [7, 11) is 4.25. The lowest BCUT2D eigenvalue weighted by molar-refractivity contribution is -0.144. The third-order valence-corrected chi connectivity index (χ3v) is 8.87. The van der Waals surface area contributed by atoms with Gasteiger partial charge in [-0.25, -0.2) is 0 Å². The molecule has 0 rings (SSSR count). The van der Waals surface area contributed by atoms with Gasteiger partial charge in [-0.2, -0.15) is 0 Å². The van der Waals surface area contributed by atoms with E-state index in [1.165, 1.54) is 128 Å². The van der Waals surface area contributed by atoms with E-state index in [-0.39, 0.29) is 11.9 Å². The maximum Gasteiger partial charge on any atom is 0.307 e. The second-order valence-electron chi connectivity index (χ2n) is 13.7. The zero-order chi connectivity index (χ0) is 33.1. The minimum Gasteiger partial charge on any atom is -0.466 e. The number of esters is 2. The van der Waals surface area contributed by atoms with E-state index in [0.29, 0.717) is 39.1 Å². The summed E-state index contributed by atoms with van der Waals surface area (Å²) in [6.07, 6.45) is 32.4. The quantitative estimate of drug-likeness (QED) is 0.0503. The Balaban J connectivity index is 4.13.